The van der Waals surface area contributed by atoms with Crippen LogP contribution in [0.3, 0.4) is 0 Å². The highest BCUT2D eigenvalue weighted by atomic mass is 19.1. The maximum atomic E-state index is 13.9. The van der Waals surface area contributed by atoms with E-state index < -0.39 is 0 Å². The van der Waals surface area contributed by atoms with Crippen LogP contribution in [-0.2, 0) is 4.79 Å². The molecule has 4 heterocycles. The van der Waals surface area contributed by atoms with Gasteiger partial charge in [0.05, 0.1) is 17.6 Å². The molecule has 0 spiro atoms. The lowest BCUT2D eigenvalue weighted by atomic mass is 10.0. The van der Waals surface area contributed by atoms with Crippen molar-refractivity contribution in [2.75, 3.05) is 5.32 Å². The second-order valence-corrected chi connectivity index (χ2v) is 9.26. The number of benzene rings is 2. The number of aromatic amines is 2. The van der Waals surface area contributed by atoms with Gasteiger partial charge in [0.25, 0.3) is 0 Å². The monoisotopic (exact) mass is 490 g/mol. The van der Waals surface area contributed by atoms with Crippen LogP contribution in [0.4, 0.5) is 10.1 Å². The zero-order valence-corrected chi connectivity index (χ0v) is 20.2. The molecule has 0 atom stereocenters. The number of nitrogens with one attached hydrogen (secondary N) is 3. The van der Waals surface area contributed by atoms with Crippen molar-refractivity contribution in [2.45, 2.75) is 13.8 Å². The van der Waals surface area contributed by atoms with Crippen molar-refractivity contribution < 1.29 is 9.18 Å². The molecule has 37 heavy (non-hydrogen) atoms. The first-order valence-electron chi connectivity index (χ1n) is 11.9. The predicted octanol–water partition coefficient (Wildman–Crippen LogP) is 6.57. The molecule has 0 fully saturated rings. The lowest BCUT2D eigenvalue weighted by molar-refractivity contribution is -0.118. The van der Waals surface area contributed by atoms with Crippen LogP contribution >= 0.6 is 0 Å². The number of anilines is 1. The highest BCUT2D eigenvalue weighted by Crippen LogP contribution is 2.35. The van der Waals surface area contributed by atoms with Gasteiger partial charge in [-0.3, -0.25) is 14.9 Å². The van der Waals surface area contributed by atoms with Crippen molar-refractivity contribution in [1.29, 1.82) is 0 Å². The predicted molar refractivity (Wildman–Crippen MR) is 143 cm³/mol. The Bertz CT molecular complexity index is 1780. The van der Waals surface area contributed by atoms with Gasteiger partial charge in [-0.2, -0.15) is 5.10 Å². The van der Waals surface area contributed by atoms with Crippen LogP contribution in [0.5, 0.6) is 0 Å². The van der Waals surface area contributed by atoms with Crippen LogP contribution in [0, 0.1) is 11.7 Å². The summed E-state index contributed by atoms with van der Waals surface area (Å²) in [6.07, 6.45) is 5.12. The molecular formula is C29H23FN6O. The van der Waals surface area contributed by atoms with Gasteiger partial charge in [0.2, 0.25) is 5.91 Å². The van der Waals surface area contributed by atoms with Gasteiger partial charge < -0.3 is 10.3 Å². The summed E-state index contributed by atoms with van der Waals surface area (Å²) in [7, 11) is 0. The van der Waals surface area contributed by atoms with Crippen LogP contribution in [0.1, 0.15) is 13.8 Å². The van der Waals surface area contributed by atoms with Crippen LogP contribution in [0.15, 0.2) is 79.3 Å². The number of aromatic nitrogens is 5. The Balaban J connectivity index is 1.41. The van der Waals surface area contributed by atoms with E-state index in [1.165, 1.54) is 12.1 Å². The van der Waals surface area contributed by atoms with E-state index in [1.54, 1.807) is 24.7 Å². The fraction of sp³-hybridized carbons (Fsp3) is 0.103. The van der Waals surface area contributed by atoms with E-state index in [9.17, 15) is 9.18 Å². The summed E-state index contributed by atoms with van der Waals surface area (Å²) in [5, 5.41) is 12.3. The third kappa shape index (κ3) is 4.23. The Hall–Kier alpha value is -4.85. The highest BCUT2D eigenvalue weighted by Gasteiger charge is 2.16. The molecule has 7 nitrogen and oxygen atoms in total. The number of rotatable bonds is 5. The standard InChI is InChI=1S/C29H23FN6O/c1-16(2)29(37)33-21-10-18(13-31-15-21)19-11-24-27(35-36-28(24)32-14-19)26-12-23-22(7-4-8-25(23)34-26)17-5-3-6-20(30)9-17/h3-16,34H,1-2H3,(H,33,37)(H,32,35,36). The van der Waals surface area contributed by atoms with Crippen molar-refractivity contribution >= 4 is 33.5 Å². The summed E-state index contributed by atoms with van der Waals surface area (Å²) in [5.41, 5.74) is 7.17. The summed E-state index contributed by atoms with van der Waals surface area (Å²) in [6, 6.07) is 18.4. The van der Waals surface area contributed by atoms with Gasteiger partial charge in [0.15, 0.2) is 5.65 Å². The van der Waals surface area contributed by atoms with E-state index in [0.29, 0.717) is 11.3 Å². The lowest BCUT2D eigenvalue weighted by Crippen LogP contribution is -2.17. The van der Waals surface area contributed by atoms with Gasteiger partial charge in [-0.05, 0) is 47.5 Å². The maximum absolute atomic E-state index is 13.9. The molecule has 0 saturated carbocycles. The van der Waals surface area contributed by atoms with Gasteiger partial charge in [0, 0.05) is 45.7 Å². The van der Waals surface area contributed by atoms with Gasteiger partial charge in [0.1, 0.15) is 11.5 Å². The number of carbonyl (C=O) groups is 1. The number of carbonyl (C=O) groups excluding carboxylic acids is 1. The molecule has 182 valence electrons. The Morgan fingerprint density at radius 2 is 1.76 bits per heavy atom. The first-order chi connectivity index (χ1) is 18.0. The van der Waals surface area contributed by atoms with E-state index in [0.717, 1.165) is 49.9 Å². The van der Waals surface area contributed by atoms with E-state index in [4.69, 9.17) is 0 Å². The third-order valence-electron chi connectivity index (χ3n) is 6.33. The van der Waals surface area contributed by atoms with Crippen molar-refractivity contribution in [3.05, 3.63) is 85.1 Å². The minimum absolute atomic E-state index is 0.0685. The zero-order valence-electron chi connectivity index (χ0n) is 20.2. The Morgan fingerprint density at radius 3 is 2.59 bits per heavy atom. The fourth-order valence-corrected chi connectivity index (χ4v) is 4.41. The smallest absolute Gasteiger partial charge is 0.226 e. The zero-order chi connectivity index (χ0) is 25.5. The minimum Gasteiger partial charge on any atom is -0.353 e. The molecule has 0 unspecified atom stereocenters. The number of hydrogen-bond acceptors (Lipinski definition) is 4. The Morgan fingerprint density at radius 1 is 0.919 bits per heavy atom. The number of hydrogen-bond donors (Lipinski definition) is 3. The molecule has 6 rings (SSSR count). The summed E-state index contributed by atoms with van der Waals surface area (Å²) >= 11 is 0. The molecule has 8 heteroatoms. The second kappa shape index (κ2) is 8.98. The number of nitrogens with zero attached hydrogens (tertiary/aromatic N) is 3. The summed E-state index contributed by atoms with van der Waals surface area (Å²) in [4.78, 5) is 24.4. The molecule has 2 aromatic carbocycles. The summed E-state index contributed by atoms with van der Waals surface area (Å²) < 4.78 is 13.9. The normalized spacial score (nSPS) is 11.5. The van der Waals surface area contributed by atoms with Crippen molar-refractivity contribution in [3.8, 4) is 33.6 Å². The average molecular weight is 491 g/mol. The molecule has 0 bridgehead atoms. The third-order valence-corrected chi connectivity index (χ3v) is 6.33. The van der Waals surface area contributed by atoms with Crippen molar-refractivity contribution in [1.82, 2.24) is 25.1 Å². The van der Waals surface area contributed by atoms with E-state index in [-0.39, 0.29) is 17.6 Å². The minimum atomic E-state index is -0.274. The van der Waals surface area contributed by atoms with E-state index >= 15 is 0 Å². The van der Waals surface area contributed by atoms with Gasteiger partial charge in [-0.25, -0.2) is 9.37 Å². The number of H-pyrrole nitrogens is 2. The SMILES string of the molecule is CC(C)C(=O)Nc1cncc(-c2cnc3[nH]nc(-c4cc5c(-c6cccc(F)c6)cccc5[nH]4)c3c2)c1. The number of pyridine rings is 2. The highest BCUT2D eigenvalue weighted by molar-refractivity contribution is 6.01. The number of halogens is 1. The van der Waals surface area contributed by atoms with E-state index in [1.807, 2.05) is 56.3 Å². The molecule has 0 saturated heterocycles. The van der Waals surface area contributed by atoms with Crippen molar-refractivity contribution in [3.63, 3.8) is 0 Å². The number of fused-ring (bicyclic) bond motifs is 2. The van der Waals surface area contributed by atoms with Gasteiger partial charge in [-0.1, -0.05) is 38.1 Å². The lowest BCUT2D eigenvalue weighted by Gasteiger charge is -2.09. The molecular weight excluding hydrogens is 467 g/mol. The molecule has 4 aromatic heterocycles. The molecule has 0 aliphatic carbocycles. The molecule has 3 N–H and O–H groups in total. The molecule has 0 radical (unpaired) electrons. The van der Waals surface area contributed by atoms with Crippen molar-refractivity contribution in [2.24, 2.45) is 5.92 Å². The maximum Gasteiger partial charge on any atom is 0.226 e. The van der Waals surface area contributed by atoms with Crippen LogP contribution in [0.2, 0.25) is 0 Å². The summed E-state index contributed by atoms with van der Waals surface area (Å²) in [5.74, 6) is -0.474. The Kier molecular flexibility index (Phi) is 5.49. The fourth-order valence-electron chi connectivity index (χ4n) is 4.41. The quantitative estimate of drug-likeness (QED) is 0.254. The van der Waals surface area contributed by atoms with Gasteiger partial charge >= 0.3 is 0 Å². The number of amides is 1. The molecule has 0 aliphatic rings. The topological polar surface area (TPSA) is 99.3 Å². The second-order valence-electron chi connectivity index (χ2n) is 9.26. The van der Waals surface area contributed by atoms with Crippen LogP contribution in [0.25, 0.3) is 55.6 Å². The molecule has 0 aliphatic heterocycles. The van der Waals surface area contributed by atoms with Crippen LogP contribution in [-0.4, -0.2) is 31.1 Å². The largest absolute Gasteiger partial charge is 0.353 e. The van der Waals surface area contributed by atoms with Crippen LogP contribution < -0.4 is 5.32 Å². The first-order valence-corrected chi connectivity index (χ1v) is 11.9. The summed E-state index contributed by atoms with van der Waals surface area (Å²) in [6.45, 7) is 3.69. The average Bonchev–Trinajstić information content (AvgIpc) is 3.52. The first kappa shape index (κ1) is 22.6. The van der Waals surface area contributed by atoms with Gasteiger partial charge in [-0.15, -0.1) is 0 Å². The molecule has 6 aromatic rings. The molecule has 1 amide bonds. The van der Waals surface area contributed by atoms with E-state index in [2.05, 4.69) is 30.5 Å². The Labute approximate surface area is 211 Å².